The zero-order valence-corrected chi connectivity index (χ0v) is 12.2. The van der Waals surface area contributed by atoms with Gasteiger partial charge in [0.2, 0.25) is 6.19 Å². The minimum absolute atomic E-state index is 0.0614. The van der Waals surface area contributed by atoms with Crippen LogP contribution in [0.2, 0.25) is 5.02 Å². The highest BCUT2D eigenvalue weighted by atomic mass is 35.5. The summed E-state index contributed by atoms with van der Waals surface area (Å²) in [5.74, 6) is 0.840. The van der Waals surface area contributed by atoms with Crippen molar-refractivity contribution in [1.29, 1.82) is 5.26 Å². The van der Waals surface area contributed by atoms with E-state index >= 15 is 0 Å². The quantitative estimate of drug-likeness (QED) is 0.629. The van der Waals surface area contributed by atoms with Crippen LogP contribution in [0.1, 0.15) is 12.0 Å². The van der Waals surface area contributed by atoms with Gasteiger partial charge in [0, 0.05) is 0 Å². The van der Waals surface area contributed by atoms with E-state index in [4.69, 9.17) is 16.9 Å². The van der Waals surface area contributed by atoms with E-state index in [1.807, 2.05) is 18.2 Å². The standard InChI is InChI=1S/C14H12ClN3OS/c15-13-12(9-17-18(10-16)14(13)19)20-8-4-7-11-5-2-1-3-6-11/h1-3,5-6,9H,4,7-8H2. The molecular formula is C14H12ClN3OS. The molecule has 0 spiro atoms. The highest BCUT2D eigenvalue weighted by Gasteiger charge is 2.09. The number of rotatable bonds is 5. The van der Waals surface area contributed by atoms with E-state index in [-0.39, 0.29) is 5.02 Å². The van der Waals surface area contributed by atoms with Crippen LogP contribution in [-0.2, 0) is 6.42 Å². The highest BCUT2D eigenvalue weighted by Crippen LogP contribution is 2.24. The third-order valence-electron chi connectivity index (χ3n) is 2.69. The first-order valence-electron chi connectivity index (χ1n) is 6.07. The molecule has 0 bridgehead atoms. The molecule has 0 atom stereocenters. The van der Waals surface area contributed by atoms with Gasteiger partial charge in [-0.15, -0.1) is 16.4 Å². The fraction of sp³-hybridized carbons (Fsp3) is 0.214. The summed E-state index contributed by atoms with van der Waals surface area (Å²) in [5.41, 5.74) is 0.722. The number of hydrogen-bond acceptors (Lipinski definition) is 4. The topological polar surface area (TPSA) is 58.7 Å². The van der Waals surface area contributed by atoms with Crippen LogP contribution in [0.3, 0.4) is 0 Å². The Balaban J connectivity index is 1.91. The Kier molecular flexibility index (Phi) is 5.22. The second-order valence-corrected chi connectivity index (χ2v) is 5.59. The van der Waals surface area contributed by atoms with Crippen molar-refractivity contribution in [2.75, 3.05) is 5.75 Å². The van der Waals surface area contributed by atoms with Crippen LogP contribution in [0.4, 0.5) is 0 Å². The summed E-state index contributed by atoms with van der Waals surface area (Å²) in [5, 5.41) is 12.5. The maximum atomic E-state index is 11.6. The fourth-order valence-corrected chi connectivity index (χ4v) is 2.83. The summed E-state index contributed by atoms with van der Waals surface area (Å²) >= 11 is 7.41. The molecule has 0 amide bonds. The Morgan fingerprint density at radius 2 is 2.10 bits per heavy atom. The molecule has 0 aliphatic rings. The maximum Gasteiger partial charge on any atom is 0.300 e. The SMILES string of the molecule is N#Cn1ncc(SCCCc2ccccc2)c(Cl)c1=O. The summed E-state index contributed by atoms with van der Waals surface area (Å²) in [7, 11) is 0. The molecule has 2 aromatic rings. The third kappa shape index (κ3) is 3.62. The number of nitrogens with zero attached hydrogens (tertiary/aromatic N) is 3. The van der Waals surface area contributed by atoms with E-state index in [1.165, 1.54) is 23.5 Å². The molecule has 1 aromatic heterocycles. The maximum absolute atomic E-state index is 11.6. The van der Waals surface area contributed by atoms with Gasteiger partial charge in [0.15, 0.2) is 0 Å². The van der Waals surface area contributed by atoms with Gasteiger partial charge in [-0.05, 0) is 24.2 Å². The van der Waals surface area contributed by atoms with Crippen molar-refractivity contribution < 1.29 is 0 Å². The summed E-state index contributed by atoms with van der Waals surface area (Å²) in [6, 6.07) is 10.2. The predicted octanol–water partition coefficient (Wildman–Crippen LogP) is 2.95. The Hall–Kier alpha value is -1.77. The molecule has 0 radical (unpaired) electrons. The lowest BCUT2D eigenvalue weighted by molar-refractivity contribution is 0.805. The zero-order valence-electron chi connectivity index (χ0n) is 10.6. The van der Waals surface area contributed by atoms with E-state index in [0.717, 1.165) is 18.6 Å². The van der Waals surface area contributed by atoms with Crippen molar-refractivity contribution in [2.45, 2.75) is 17.7 Å². The van der Waals surface area contributed by atoms with Gasteiger partial charge >= 0.3 is 5.56 Å². The number of aromatic nitrogens is 2. The van der Waals surface area contributed by atoms with Crippen molar-refractivity contribution >= 4 is 23.4 Å². The molecule has 4 nitrogen and oxygen atoms in total. The first kappa shape index (κ1) is 14.6. The van der Waals surface area contributed by atoms with Crippen molar-refractivity contribution in [2.24, 2.45) is 0 Å². The van der Waals surface area contributed by atoms with Gasteiger partial charge < -0.3 is 0 Å². The van der Waals surface area contributed by atoms with Crippen molar-refractivity contribution in [3.63, 3.8) is 0 Å². The van der Waals surface area contributed by atoms with Gasteiger partial charge in [0.05, 0.1) is 11.1 Å². The molecule has 0 saturated heterocycles. The second-order valence-electron chi connectivity index (χ2n) is 4.08. The van der Waals surface area contributed by atoms with Crippen molar-refractivity contribution in [3.05, 3.63) is 57.5 Å². The van der Waals surface area contributed by atoms with Crippen LogP contribution >= 0.6 is 23.4 Å². The molecule has 0 N–H and O–H groups in total. The molecule has 0 aliphatic heterocycles. The lowest BCUT2D eigenvalue weighted by Crippen LogP contribution is -2.19. The minimum atomic E-state index is -0.567. The van der Waals surface area contributed by atoms with Gasteiger partial charge in [0.1, 0.15) is 5.02 Å². The Morgan fingerprint density at radius 3 is 2.80 bits per heavy atom. The molecule has 20 heavy (non-hydrogen) atoms. The number of halogens is 1. The largest absolute Gasteiger partial charge is 0.300 e. The Morgan fingerprint density at radius 1 is 1.35 bits per heavy atom. The summed E-state index contributed by atoms with van der Waals surface area (Å²) < 4.78 is 0.677. The van der Waals surface area contributed by atoms with Gasteiger partial charge in [-0.2, -0.15) is 10.4 Å². The first-order chi connectivity index (χ1) is 9.72. The molecule has 6 heteroatoms. The van der Waals surface area contributed by atoms with E-state index in [2.05, 4.69) is 17.2 Å². The molecule has 0 unspecified atom stereocenters. The molecule has 102 valence electrons. The highest BCUT2D eigenvalue weighted by molar-refractivity contribution is 7.99. The van der Waals surface area contributed by atoms with Crippen LogP contribution in [-0.4, -0.2) is 15.5 Å². The van der Waals surface area contributed by atoms with Crippen LogP contribution in [0.15, 0.2) is 46.2 Å². The molecule has 1 aromatic carbocycles. The molecule has 1 heterocycles. The smallest absolute Gasteiger partial charge is 0.265 e. The van der Waals surface area contributed by atoms with Gasteiger partial charge in [-0.3, -0.25) is 4.79 Å². The predicted molar refractivity (Wildman–Crippen MR) is 80.0 cm³/mol. The van der Waals surface area contributed by atoms with Gasteiger partial charge in [0.25, 0.3) is 0 Å². The summed E-state index contributed by atoms with van der Waals surface area (Å²) in [6.45, 7) is 0. The van der Waals surface area contributed by atoms with Crippen LogP contribution in [0.25, 0.3) is 0 Å². The van der Waals surface area contributed by atoms with E-state index in [9.17, 15) is 4.79 Å². The van der Waals surface area contributed by atoms with Crippen LogP contribution in [0.5, 0.6) is 0 Å². The lowest BCUT2D eigenvalue weighted by atomic mass is 10.1. The molecule has 2 rings (SSSR count). The number of thioether (sulfide) groups is 1. The number of aryl methyl sites for hydroxylation is 1. The Labute approximate surface area is 126 Å². The number of nitriles is 1. The van der Waals surface area contributed by atoms with Gasteiger partial charge in [-0.25, -0.2) is 0 Å². The van der Waals surface area contributed by atoms with E-state index in [0.29, 0.717) is 9.58 Å². The van der Waals surface area contributed by atoms with E-state index in [1.54, 1.807) is 6.19 Å². The van der Waals surface area contributed by atoms with Crippen LogP contribution in [0, 0.1) is 11.5 Å². The van der Waals surface area contributed by atoms with Crippen molar-refractivity contribution in [3.8, 4) is 6.19 Å². The normalized spacial score (nSPS) is 10.2. The fourth-order valence-electron chi connectivity index (χ4n) is 1.69. The summed E-state index contributed by atoms with van der Waals surface area (Å²) in [4.78, 5) is 12.2. The Bertz CT molecular complexity index is 679. The lowest BCUT2D eigenvalue weighted by Gasteiger charge is -2.04. The molecule has 0 fully saturated rings. The second kappa shape index (κ2) is 7.13. The average molecular weight is 306 g/mol. The van der Waals surface area contributed by atoms with Crippen molar-refractivity contribution in [1.82, 2.24) is 9.78 Å². The molecule has 0 aliphatic carbocycles. The van der Waals surface area contributed by atoms with E-state index < -0.39 is 5.56 Å². The molecule has 0 saturated carbocycles. The third-order valence-corrected chi connectivity index (χ3v) is 4.28. The summed E-state index contributed by atoms with van der Waals surface area (Å²) in [6.07, 6.45) is 5.07. The monoisotopic (exact) mass is 305 g/mol. The van der Waals surface area contributed by atoms with Crippen LogP contribution < -0.4 is 5.56 Å². The number of hydrogen-bond donors (Lipinski definition) is 0. The molecular weight excluding hydrogens is 294 g/mol. The van der Waals surface area contributed by atoms with Gasteiger partial charge in [-0.1, -0.05) is 41.9 Å². The number of benzene rings is 1. The minimum Gasteiger partial charge on any atom is -0.265 e. The zero-order chi connectivity index (χ0) is 14.4. The first-order valence-corrected chi connectivity index (χ1v) is 7.43. The average Bonchev–Trinajstić information content (AvgIpc) is 2.49.